The van der Waals surface area contributed by atoms with Crippen LogP contribution in [0.5, 0.6) is 0 Å². The topological polar surface area (TPSA) is 30.2 Å². The Balaban J connectivity index is 1.86. The lowest BCUT2D eigenvalue weighted by Crippen LogP contribution is -2.12. The van der Waals surface area contributed by atoms with Crippen LogP contribution in [-0.2, 0) is 12.4 Å². The van der Waals surface area contributed by atoms with Crippen molar-refractivity contribution < 1.29 is 26.3 Å². The van der Waals surface area contributed by atoms with Gasteiger partial charge >= 0.3 is 12.4 Å². The summed E-state index contributed by atoms with van der Waals surface area (Å²) in [6.45, 7) is 0. The monoisotopic (exact) mass is 431 g/mol. The van der Waals surface area contributed by atoms with Crippen LogP contribution in [0.3, 0.4) is 0 Å². The minimum Gasteiger partial charge on any atom is -0.278 e. The zero-order valence-electron chi connectivity index (χ0n) is 15.5. The molecule has 4 aromatic rings. The normalized spacial score (nSPS) is 11.9. The molecule has 2 heterocycles. The molecular weight excluding hydrogens is 420 g/mol. The largest absolute Gasteiger partial charge is 0.431 e. The van der Waals surface area contributed by atoms with E-state index in [1.54, 1.807) is 30.3 Å². The van der Waals surface area contributed by atoms with Gasteiger partial charge in [0, 0.05) is 11.1 Å². The van der Waals surface area contributed by atoms with E-state index in [0.717, 1.165) is 41.1 Å². The van der Waals surface area contributed by atoms with Crippen LogP contribution in [0, 0.1) is 11.8 Å². The molecule has 0 radical (unpaired) electrons. The van der Waals surface area contributed by atoms with Crippen LogP contribution in [0.1, 0.15) is 22.5 Å². The Morgan fingerprint density at radius 1 is 0.774 bits per heavy atom. The number of rotatable bonds is 1. The Hall–Kier alpha value is -3.80. The Morgan fingerprint density at radius 3 is 2.06 bits per heavy atom. The van der Waals surface area contributed by atoms with Crippen molar-refractivity contribution in [3.8, 4) is 23.1 Å². The highest BCUT2D eigenvalue weighted by Crippen LogP contribution is 2.34. The van der Waals surface area contributed by atoms with Gasteiger partial charge < -0.3 is 0 Å². The van der Waals surface area contributed by atoms with Crippen LogP contribution in [0.15, 0.2) is 67.0 Å². The molecule has 0 saturated heterocycles. The van der Waals surface area contributed by atoms with Crippen molar-refractivity contribution in [1.29, 1.82) is 0 Å². The molecule has 0 aliphatic carbocycles. The summed E-state index contributed by atoms with van der Waals surface area (Å²) in [5, 5.41) is 0. The van der Waals surface area contributed by atoms with Gasteiger partial charge in [-0.1, -0.05) is 36.3 Å². The molecule has 0 spiro atoms. The second-order valence-corrected chi connectivity index (χ2v) is 6.50. The molecule has 0 unspecified atom stereocenters. The van der Waals surface area contributed by atoms with Gasteiger partial charge in [-0.2, -0.15) is 26.3 Å². The smallest absolute Gasteiger partial charge is 0.278 e. The van der Waals surface area contributed by atoms with Crippen LogP contribution < -0.4 is 0 Å². The van der Waals surface area contributed by atoms with E-state index in [0.29, 0.717) is 5.56 Å². The third-order valence-corrected chi connectivity index (χ3v) is 4.40. The number of alkyl halides is 6. The number of fused-ring (bicyclic) bond motifs is 1. The van der Waals surface area contributed by atoms with E-state index >= 15 is 0 Å². The Kier molecular flexibility index (Phi) is 4.93. The second-order valence-electron chi connectivity index (χ2n) is 6.50. The molecule has 0 amide bonds. The highest BCUT2D eigenvalue weighted by Gasteiger charge is 2.35. The fourth-order valence-corrected chi connectivity index (χ4v) is 2.91. The highest BCUT2D eigenvalue weighted by molar-refractivity contribution is 5.66. The van der Waals surface area contributed by atoms with Gasteiger partial charge in [-0.25, -0.2) is 9.97 Å². The van der Waals surface area contributed by atoms with Crippen molar-refractivity contribution in [1.82, 2.24) is 14.4 Å². The summed E-state index contributed by atoms with van der Waals surface area (Å²) in [4.78, 5) is 8.14. The standard InChI is InChI=1S/C22H11F6N3/c23-21(24,25)16-9-7-15(8-10-16)18-12-19(22(26,27)28)31-13-29-17(20(31)30-18)11-6-14-4-2-1-3-5-14/h1-5,7-10,12-13H. The molecular formula is C22H11F6N3. The Morgan fingerprint density at radius 2 is 1.45 bits per heavy atom. The minimum absolute atomic E-state index is 0.0168. The van der Waals surface area contributed by atoms with E-state index in [-0.39, 0.29) is 22.6 Å². The summed E-state index contributed by atoms with van der Waals surface area (Å²) in [7, 11) is 0. The number of hydrogen-bond donors (Lipinski definition) is 0. The predicted molar refractivity (Wildman–Crippen MR) is 101 cm³/mol. The summed E-state index contributed by atoms with van der Waals surface area (Å²) in [5.74, 6) is 5.52. The van der Waals surface area contributed by atoms with Crippen LogP contribution in [0.25, 0.3) is 16.9 Å². The van der Waals surface area contributed by atoms with Crippen molar-refractivity contribution in [3.63, 3.8) is 0 Å². The number of hydrogen-bond acceptors (Lipinski definition) is 2. The second kappa shape index (κ2) is 7.47. The summed E-state index contributed by atoms with van der Waals surface area (Å²) in [5.41, 5.74) is -1.50. The summed E-state index contributed by atoms with van der Waals surface area (Å²) < 4.78 is 80.1. The van der Waals surface area contributed by atoms with Gasteiger partial charge in [0.1, 0.15) is 12.0 Å². The van der Waals surface area contributed by atoms with Gasteiger partial charge in [0.2, 0.25) is 0 Å². The van der Waals surface area contributed by atoms with Gasteiger partial charge in [0.25, 0.3) is 0 Å². The number of benzene rings is 2. The molecule has 0 aliphatic rings. The molecule has 0 aliphatic heterocycles. The molecule has 4 rings (SSSR count). The fraction of sp³-hybridized carbons (Fsp3) is 0.0909. The lowest BCUT2D eigenvalue weighted by atomic mass is 10.1. The Bertz CT molecular complexity index is 1290. The van der Waals surface area contributed by atoms with Crippen LogP contribution in [0.2, 0.25) is 0 Å². The SMILES string of the molecule is FC(F)(F)c1ccc(-c2cc(C(F)(F)F)n3cnc(C#Cc4ccccc4)c3n2)cc1. The molecule has 156 valence electrons. The average Bonchev–Trinajstić information content (AvgIpc) is 3.14. The maximum Gasteiger partial charge on any atom is 0.431 e. The molecule has 0 fully saturated rings. The first-order valence-corrected chi connectivity index (χ1v) is 8.83. The van der Waals surface area contributed by atoms with Gasteiger partial charge in [-0.05, 0) is 36.3 Å². The van der Waals surface area contributed by atoms with Gasteiger partial charge in [-0.15, -0.1) is 0 Å². The highest BCUT2D eigenvalue weighted by atomic mass is 19.4. The number of nitrogens with zero attached hydrogens (tertiary/aromatic N) is 3. The first-order chi connectivity index (χ1) is 14.6. The van der Waals surface area contributed by atoms with E-state index in [1.165, 1.54) is 0 Å². The van der Waals surface area contributed by atoms with E-state index in [9.17, 15) is 26.3 Å². The van der Waals surface area contributed by atoms with Crippen molar-refractivity contribution >= 4 is 5.65 Å². The van der Waals surface area contributed by atoms with Gasteiger partial charge in [0.15, 0.2) is 11.3 Å². The maximum atomic E-state index is 13.6. The number of halogens is 6. The number of imidazole rings is 1. The third-order valence-electron chi connectivity index (χ3n) is 4.40. The van der Waals surface area contributed by atoms with E-state index in [2.05, 4.69) is 21.8 Å². The zero-order chi connectivity index (χ0) is 22.2. The molecule has 31 heavy (non-hydrogen) atoms. The average molecular weight is 431 g/mol. The minimum atomic E-state index is -4.74. The molecule has 0 atom stereocenters. The fourth-order valence-electron chi connectivity index (χ4n) is 2.91. The summed E-state index contributed by atoms with van der Waals surface area (Å²) in [6.07, 6.45) is -8.33. The molecule has 0 saturated carbocycles. The Labute approximate surface area is 172 Å². The summed E-state index contributed by atoms with van der Waals surface area (Å²) in [6, 6.07) is 13.3. The first kappa shape index (κ1) is 20.5. The van der Waals surface area contributed by atoms with E-state index in [1.807, 2.05) is 0 Å². The molecule has 2 aromatic heterocycles. The molecule has 0 N–H and O–H groups in total. The lowest BCUT2D eigenvalue weighted by molar-refractivity contribution is -0.142. The van der Waals surface area contributed by atoms with Crippen LogP contribution >= 0.6 is 0 Å². The molecule has 9 heteroatoms. The molecule has 0 bridgehead atoms. The quantitative estimate of drug-likeness (QED) is 0.280. The van der Waals surface area contributed by atoms with E-state index in [4.69, 9.17) is 0 Å². The zero-order valence-corrected chi connectivity index (χ0v) is 15.5. The number of aromatic nitrogens is 3. The van der Waals surface area contributed by atoms with Gasteiger partial charge in [0.05, 0.1) is 11.3 Å². The summed E-state index contributed by atoms with van der Waals surface area (Å²) >= 11 is 0. The van der Waals surface area contributed by atoms with Crippen molar-refractivity contribution in [2.45, 2.75) is 12.4 Å². The van der Waals surface area contributed by atoms with E-state index < -0.39 is 23.6 Å². The molecule has 3 nitrogen and oxygen atoms in total. The maximum absolute atomic E-state index is 13.6. The van der Waals surface area contributed by atoms with Gasteiger partial charge in [-0.3, -0.25) is 4.40 Å². The van der Waals surface area contributed by atoms with Crippen molar-refractivity contribution in [3.05, 3.63) is 89.5 Å². The third kappa shape index (κ3) is 4.23. The lowest BCUT2D eigenvalue weighted by Gasteiger charge is -2.12. The van der Waals surface area contributed by atoms with Crippen LogP contribution in [-0.4, -0.2) is 14.4 Å². The van der Waals surface area contributed by atoms with Crippen molar-refractivity contribution in [2.75, 3.05) is 0 Å². The first-order valence-electron chi connectivity index (χ1n) is 8.83. The predicted octanol–water partition coefficient (Wildman–Crippen LogP) is 5.83. The van der Waals surface area contributed by atoms with Crippen molar-refractivity contribution in [2.24, 2.45) is 0 Å². The molecule has 2 aromatic carbocycles. The van der Waals surface area contributed by atoms with Crippen LogP contribution in [0.4, 0.5) is 26.3 Å².